The Kier molecular flexibility index (Phi) is 3.79. The first-order valence-corrected chi connectivity index (χ1v) is 5.85. The van der Waals surface area contributed by atoms with Gasteiger partial charge in [0.1, 0.15) is 12.4 Å². The summed E-state index contributed by atoms with van der Waals surface area (Å²) in [5.41, 5.74) is 6.19. The minimum atomic E-state index is -4.29. The second kappa shape index (κ2) is 5.20. The van der Waals surface area contributed by atoms with Crippen molar-refractivity contribution < 1.29 is 17.9 Å². The van der Waals surface area contributed by atoms with Crippen molar-refractivity contribution in [3.05, 3.63) is 11.8 Å². The fourth-order valence-electron chi connectivity index (χ4n) is 1.99. The van der Waals surface area contributed by atoms with Crippen LogP contribution in [0.5, 0.6) is 0 Å². The van der Waals surface area contributed by atoms with E-state index in [0.29, 0.717) is 18.9 Å². The van der Waals surface area contributed by atoms with Crippen molar-refractivity contribution in [1.82, 2.24) is 9.97 Å². The molecule has 0 spiro atoms. The third-order valence-electron chi connectivity index (χ3n) is 2.91. The Balaban J connectivity index is 2.20. The number of hydrogen-bond donors (Lipinski definition) is 1. The summed E-state index contributed by atoms with van der Waals surface area (Å²) in [5.74, 6) is 0.225. The molecule has 8 heteroatoms. The molecule has 106 valence electrons. The molecule has 2 heterocycles. The maximum atomic E-state index is 12.4. The van der Waals surface area contributed by atoms with E-state index in [1.807, 2.05) is 0 Å². The van der Waals surface area contributed by atoms with Crippen LogP contribution in [0.15, 0.2) is 6.07 Å². The van der Waals surface area contributed by atoms with Crippen molar-refractivity contribution in [3.63, 3.8) is 0 Å². The highest BCUT2D eigenvalue weighted by Crippen LogP contribution is 2.27. The summed E-state index contributed by atoms with van der Waals surface area (Å²) in [6, 6.07) is 1.54. The predicted molar refractivity (Wildman–Crippen MR) is 63.9 cm³/mol. The van der Waals surface area contributed by atoms with Crippen molar-refractivity contribution in [2.45, 2.75) is 18.5 Å². The van der Waals surface area contributed by atoms with Crippen molar-refractivity contribution in [1.29, 1.82) is 0 Å². The first-order chi connectivity index (χ1) is 8.85. The number of halogens is 3. The van der Waals surface area contributed by atoms with Gasteiger partial charge in [-0.3, -0.25) is 0 Å². The smallest absolute Gasteiger partial charge is 0.381 e. The van der Waals surface area contributed by atoms with Crippen molar-refractivity contribution in [2.24, 2.45) is 0 Å². The lowest BCUT2D eigenvalue weighted by Gasteiger charge is -2.21. The number of aromatic nitrogens is 2. The monoisotopic (exact) mass is 276 g/mol. The SMILES string of the molecule is CN(CC(F)(F)F)c1cc([C@H]2CCOC2)nc(N)n1. The minimum absolute atomic E-state index is 0.0200. The van der Waals surface area contributed by atoms with E-state index in [1.165, 1.54) is 7.05 Å². The molecule has 19 heavy (non-hydrogen) atoms. The zero-order chi connectivity index (χ0) is 14.0. The van der Waals surface area contributed by atoms with Gasteiger partial charge >= 0.3 is 6.18 Å². The molecule has 1 aromatic heterocycles. The highest BCUT2D eigenvalue weighted by molar-refractivity contribution is 5.43. The average Bonchev–Trinajstić information content (AvgIpc) is 2.79. The van der Waals surface area contributed by atoms with Crippen LogP contribution in [0, 0.1) is 0 Å². The third kappa shape index (κ3) is 3.69. The molecule has 1 fully saturated rings. The lowest BCUT2D eigenvalue weighted by molar-refractivity contribution is -0.119. The number of nitrogens with two attached hydrogens (primary N) is 1. The van der Waals surface area contributed by atoms with Gasteiger partial charge in [-0.05, 0) is 6.42 Å². The van der Waals surface area contributed by atoms with Crippen molar-refractivity contribution >= 4 is 11.8 Å². The number of alkyl halides is 3. The van der Waals surface area contributed by atoms with Gasteiger partial charge in [-0.25, -0.2) is 4.98 Å². The predicted octanol–water partition coefficient (Wildman–Crippen LogP) is 1.56. The second-order valence-corrected chi connectivity index (χ2v) is 4.54. The van der Waals surface area contributed by atoms with Crippen LogP contribution in [0.3, 0.4) is 0 Å². The topological polar surface area (TPSA) is 64.3 Å². The lowest BCUT2D eigenvalue weighted by atomic mass is 10.0. The zero-order valence-corrected chi connectivity index (χ0v) is 10.4. The molecule has 0 saturated carbocycles. The van der Waals surface area contributed by atoms with Crippen molar-refractivity contribution in [2.75, 3.05) is 37.4 Å². The summed E-state index contributed by atoms with van der Waals surface area (Å²) in [7, 11) is 1.32. The summed E-state index contributed by atoms with van der Waals surface area (Å²) in [4.78, 5) is 8.93. The fourth-order valence-corrected chi connectivity index (χ4v) is 1.99. The fraction of sp³-hybridized carbons (Fsp3) is 0.636. The van der Waals surface area contributed by atoms with E-state index in [4.69, 9.17) is 10.5 Å². The zero-order valence-electron chi connectivity index (χ0n) is 10.4. The summed E-state index contributed by atoms with van der Waals surface area (Å²) in [6.07, 6.45) is -3.50. The lowest BCUT2D eigenvalue weighted by Crippen LogP contribution is -2.31. The molecule has 2 rings (SSSR count). The van der Waals surface area contributed by atoms with Gasteiger partial charge in [0.15, 0.2) is 0 Å². The van der Waals surface area contributed by atoms with Crippen LogP contribution >= 0.6 is 0 Å². The molecular formula is C11H15F3N4O. The van der Waals surface area contributed by atoms with E-state index >= 15 is 0 Å². The van der Waals surface area contributed by atoms with Gasteiger partial charge in [-0.1, -0.05) is 0 Å². The maximum Gasteiger partial charge on any atom is 0.405 e. The van der Waals surface area contributed by atoms with E-state index in [0.717, 1.165) is 11.3 Å². The van der Waals surface area contributed by atoms with Gasteiger partial charge in [0, 0.05) is 25.6 Å². The molecule has 2 N–H and O–H groups in total. The summed E-state index contributed by atoms with van der Waals surface area (Å²) < 4.78 is 42.3. The second-order valence-electron chi connectivity index (χ2n) is 4.54. The van der Waals surface area contributed by atoms with Crippen LogP contribution in [-0.4, -0.2) is 43.0 Å². The van der Waals surface area contributed by atoms with Crippen LogP contribution < -0.4 is 10.6 Å². The van der Waals surface area contributed by atoms with Crippen LogP contribution in [0.2, 0.25) is 0 Å². The highest BCUT2D eigenvalue weighted by atomic mass is 19.4. The van der Waals surface area contributed by atoms with Gasteiger partial charge in [-0.15, -0.1) is 0 Å². The molecule has 0 unspecified atom stereocenters. The van der Waals surface area contributed by atoms with Gasteiger partial charge in [0.05, 0.1) is 12.3 Å². The van der Waals surface area contributed by atoms with E-state index in [1.54, 1.807) is 6.07 Å². The summed E-state index contributed by atoms with van der Waals surface area (Å²) in [5, 5.41) is 0. The van der Waals surface area contributed by atoms with Crippen LogP contribution in [0.25, 0.3) is 0 Å². The first kappa shape index (κ1) is 13.9. The maximum absolute atomic E-state index is 12.4. The number of ether oxygens (including phenoxy) is 1. The molecule has 0 amide bonds. The van der Waals surface area contributed by atoms with E-state index in [2.05, 4.69) is 9.97 Å². The Labute approximate surface area is 108 Å². The molecule has 0 bridgehead atoms. The normalized spacial score (nSPS) is 19.7. The molecule has 5 nitrogen and oxygen atoms in total. The van der Waals surface area contributed by atoms with Crippen LogP contribution in [-0.2, 0) is 4.74 Å². The Morgan fingerprint density at radius 3 is 2.79 bits per heavy atom. The molecule has 1 aliphatic heterocycles. The number of nitrogen functional groups attached to an aromatic ring is 1. The van der Waals surface area contributed by atoms with Gasteiger partial charge in [0.2, 0.25) is 5.95 Å². The van der Waals surface area contributed by atoms with Crippen LogP contribution in [0.4, 0.5) is 24.9 Å². The van der Waals surface area contributed by atoms with Crippen molar-refractivity contribution in [3.8, 4) is 0 Å². The number of hydrogen-bond acceptors (Lipinski definition) is 5. The van der Waals surface area contributed by atoms with Crippen LogP contribution in [0.1, 0.15) is 18.0 Å². The number of anilines is 2. The van der Waals surface area contributed by atoms with E-state index < -0.39 is 12.7 Å². The third-order valence-corrected chi connectivity index (χ3v) is 2.91. The summed E-state index contributed by atoms with van der Waals surface area (Å²) in [6.45, 7) is 0.0608. The van der Waals surface area contributed by atoms with Gasteiger partial charge in [-0.2, -0.15) is 18.2 Å². The molecule has 1 saturated heterocycles. The molecule has 1 atom stereocenters. The number of rotatable bonds is 3. The molecule has 1 aliphatic rings. The molecule has 0 aromatic carbocycles. The van der Waals surface area contributed by atoms with Gasteiger partial charge in [0.25, 0.3) is 0 Å². The minimum Gasteiger partial charge on any atom is -0.381 e. The molecule has 0 radical (unpaired) electrons. The van der Waals surface area contributed by atoms with Gasteiger partial charge < -0.3 is 15.4 Å². The molecule has 0 aliphatic carbocycles. The Hall–Kier alpha value is -1.57. The Morgan fingerprint density at radius 1 is 1.47 bits per heavy atom. The standard InChI is InChI=1S/C11H15F3N4O/c1-18(6-11(12,13)14)9-4-8(16-10(15)17-9)7-2-3-19-5-7/h4,7H,2-3,5-6H2,1H3,(H2,15,16,17)/t7-/m0/s1. The average molecular weight is 276 g/mol. The van der Waals surface area contributed by atoms with E-state index in [9.17, 15) is 13.2 Å². The van der Waals surface area contributed by atoms with E-state index in [-0.39, 0.29) is 17.7 Å². The Bertz CT molecular complexity index is 446. The number of nitrogens with zero attached hydrogens (tertiary/aromatic N) is 3. The first-order valence-electron chi connectivity index (χ1n) is 5.85. The highest BCUT2D eigenvalue weighted by Gasteiger charge is 2.30. The quantitative estimate of drug-likeness (QED) is 0.907. The molecule has 1 aromatic rings. The summed E-state index contributed by atoms with van der Waals surface area (Å²) >= 11 is 0. The molecular weight excluding hydrogens is 261 g/mol. The Morgan fingerprint density at radius 2 is 2.21 bits per heavy atom. The largest absolute Gasteiger partial charge is 0.405 e.